The quantitative estimate of drug-likeness (QED) is 0.289. The molecule has 1 aliphatic heterocycles. The lowest BCUT2D eigenvalue weighted by Gasteiger charge is -2.39. The van der Waals surface area contributed by atoms with Crippen molar-refractivity contribution in [1.29, 1.82) is 0 Å². The third-order valence-corrected chi connectivity index (χ3v) is 6.82. The summed E-state index contributed by atoms with van der Waals surface area (Å²) in [6.45, 7) is 13.3. The van der Waals surface area contributed by atoms with Gasteiger partial charge in [-0.15, -0.1) is 11.7 Å². The SMILES string of the molecule is C=CC(c1nc(C2CN(C(=O)OC(C)(C)C)C(CCc3ccccc3)CO2)n(-c2ncccn2)n1)C(C)C=C(C)F. The number of hydrogen-bond acceptors (Lipinski definition) is 7. The van der Waals surface area contributed by atoms with E-state index in [1.807, 2.05) is 45.9 Å². The molecule has 9 nitrogen and oxygen atoms in total. The number of morpholine rings is 1. The predicted molar refractivity (Wildman–Crippen MR) is 154 cm³/mol. The molecule has 218 valence electrons. The Hall–Kier alpha value is -3.92. The van der Waals surface area contributed by atoms with Gasteiger partial charge in [-0.1, -0.05) is 43.3 Å². The first-order valence-electron chi connectivity index (χ1n) is 13.9. The number of amides is 1. The van der Waals surface area contributed by atoms with Gasteiger partial charge >= 0.3 is 6.09 Å². The maximum Gasteiger partial charge on any atom is 0.410 e. The van der Waals surface area contributed by atoms with Crippen LogP contribution in [0.3, 0.4) is 0 Å². The fourth-order valence-corrected chi connectivity index (χ4v) is 4.87. The van der Waals surface area contributed by atoms with Crippen molar-refractivity contribution in [3.63, 3.8) is 0 Å². The van der Waals surface area contributed by atoms with Crippen LogP contribution in [0.2, 0.25) is 0 Å². The average Bonchev–Trinajstić information content (AvgIpc) is 3.37. The standard InChI is InChI=1S/C31H39FN6O3/c1-7-25(21(2)18-22(3)32)27-35-28(38(36-27)29-33-16-11-17-34-29)26-19-37(30(39)41-31(4,5)6)24(20-40-26)15-14-23-12-9-8-10-13-23/h7-13,16-18,21,24-26H,1,14-15,19-20H2,2-6H3. The van der Waals surface area contributed by atoms with E-state index in [2.05, 4.69) is 28.7 Å². The van der Waals surface area contributed by atoms with E-state index >= 15 is 0 Å². The van der Waals surface area contributed by atoms with Crippen LogP contribution in [0.25, 0.3) is 5.95 Å². The minimum Gasteiger partial charge on any atom is -0.444 e. The van der Waals surface area contributed by atoms with E-state index in [9.17, 15) is 9.18 Å². The molecule has 3 heterocycles. The zero-order valence-electron chi connectivity index (χ0n) is 24.4. The number of rotatable bonds is 9. The van der Waals surface area contributed by atoms with Gasteiger partial charge in [-0.05, 0) is 64.2 Å². The molecule has 0 bridgehead atoms. The van der Waals surface area contributed by atoms with Crippen LogP contribution in [0, 0.1) is 5.92 Å². The first kappa shape index (κ1) is 30.0. The van der Waals surface area contributed by atoms with Gasteiger partial charge in [0.15, 0.2) is 11.6 Å². The van der Waals surface area contributed by atoms with Gasteiger partial charge in [0, 0.05) is 18.3 Å². The van der Waals surface area contributed by atoms with E-state index in [0.717, 1.165) is 6.42 Å². The molecule has 1 aliphatic rings. The topological polar surface area (TPSA) is 95.3 Å². The lowest BCUT2D eigenvalue weighted by molar-refractivity contribution is -0.0762. The number of aromatic nitrogens is 5. The average molecular weight is 563 g/mol. The fraction of sp³-hybridized carbons (Fsp3) is 0.452. The molecule has 2 aromatic heterocycles. The number of nitrogens with zero attached hydrogens (tertiary/aromatic N) is 6. The number of benzene rings is 1. The summed E-state index contributed by atoms with van der Waals surface area (Å²) < 4.78 is 27.4. The van der Waals surface area contributed by atoms with Gasteiger partial charge in [-0.25, -0.2) is 24.1 Å². The Labute approximate surface area is 241 Å². The van der Waals surface area contributed by atoms with E-state index in [1.165, 1.54) is 23.2 Å². The molecule has 1 aromatic carbocycles. The maximum absolute atomic E-state index is 13.7. The molecule has 10 heteroatoms. The number of carbonyl (C=O) groups is 1. The van der Waals surface area contributed by atoms with Crippen LogP contribution in [0.1, 0.15) is 70.3 Å². The van der Waals surface area contributed by atoms with Crippen LogP contribution in [0.5, 0.6) is 0 Å². The zero-order chi connectivity index (χ0) is 29.6. The summed E-state index contributed by atoms with van der Waals surface area (Å²) in [6, 6.07) is 11.7. The third-order valence-electron chi connectivity index (χ3n) is 6.82. The van der Waals surface area contributed by atoms with E-state index in [-0.39, 0.29) is 30.2 Å². The van der Waals surface area contributed by atoms with Crippen molar-refractivity contribution in [1.82, 2.24) is 29.6 Å². The molecule has 0 saturated carbocycles. The van der Waals surface area contributed by atoms with Crippen molar-refractivity contribution in [2.75, 3.05) is 13.2 Å². The highest BCUT2D eigenvalue weighted by atomic mass is 19.1. The van der Waals surface area contributed by atoms with Crippen molar-refractivity contribution in [3.8, 4) is 5.95 Å². The predicted octanol–water partition coefficient (Wildman–Crippen LogP) is 6.15. The molecule has 4 unspecified atom stereocenters. The van der Waals surface area contributed by atoms with Crippen LogP contribution >= 0.6 is 0 Å². The molecule has 0 aliphatic carbocycles. The lowest BCUT2D eigenvalue weighted by atomic mass is 9.93. The molecule has 1 saturated heterocycles. The molecule has 41 heavy (non-hydrogen) atoms. The summed E-state index contributed by atoms with van der Waals surface area (Å²) in [5, 5.41) is 4.72. The highest BCUT2D eigenvalue weighted by Crippen LogP contribution is 2.31. The number of halogens is 1. The van der Waals surface area contributed by atoms with Crippen LogP contribution in [-0.4, -0.2) is 60.5 Å². The third kappa shape index (κ3) is 7.85. The van der Waals surface area contributed by atoms with E-state index < -0.39 is 17.8 Å². The summed E-state index contributed by atoms with van der Waals surface area (Å²) >= 11 is 0. The Balaban J connectivity index is 1.67. The summed E-state index contributed by atoms with van der Waals surface area (Å²) in [5.41, 5.74) is 0.529. The van der Waals surface area contributed by atoms with Crippen LogP contribution in [-0.2, 0) is 15.9 Å². The zero-order valence-corrected chi connectivity index (χ0v) is 24.4. The van der Waals surface area contributed by atoms with Crippen molar-refractivity contribution in [3.05, 3.63) is 90.6 Å². The monoisotopic (exact) mass is 562 g/mol. The van der Waals surface area contributed by atoms with Gasteiger partial charge in [0.1, 0.15) is 11.7 Å². The smallest absolute Gasteiger partial charge is 0.410 e. The van der Waals surface area contributed by atoms with Crippen molar-refractivity contribution in [2.24, 2.45) is 5.92 Å². The summed E-state index contributed by atoms with van der Waals surface area (Å²) in [5.74, 6) is 0.292. The summed E-state index contributed by atoms with van der Waals surface area (Å²) in [4.78, 5) is 28.8. The minimum atomic E-state index is -0.657. The molecule has 3 aromatic rings. The minimum absolute atomic E-state index is 0.191. The van der Waals surface area contributed by atoms with Crippen molar-refractivity contribution < 1.29 is 18.7 Å². The molecule has 0 spiro atoms. The normalized spacial score (nSPS) is 19.5. The molecule has 4 rings (SSSR count). The summed E-state index contributed by atoms with van der Waals surface area (Å²) in [6.07, 6.45) is 6.91. The first-order valence-corrected chi connectivity index (χ1v) is 13.9. The van der Waals surface area contributed by atoms with Gasteiger partial charge in [0.2, 0.25) is 0 Å². The maximum atomic E-state index is 13.7. The second kappa shape index (κ2) is 13.2. The first-order chi connectivity index (χ1) is 19.6. The second-order valence-electron chi connectivity index (χ2n) is 11.3. The Kier molecular flexibility index (Phi) is 9.65. The van der Waals surface area contributed by atoms with Gasteiger partial charge < -0.3 is 9.47 Å². The fourth-order valence-electron chi connectivity index (χ4n) is 4.87. The largest absolute Gasteiger partial charge is 0.444 e. The lowest BCUT2D eigenvalue weighted by Crippen LogP contribution is -2.51. The Morgan fingerprint density at radius 1 is 1.22 bits per heavy atom. The molecule has 1 amide bonds. The Morgan fingerprint density at radius 2 is 1.93 bits per heavy atom. The summed E-state index contributed by atoms with van der Waals surface area (Å²) in [7, 11) is 0. The highest BCUT2D eigenvalue weighted by Gasteiger charge is 2.38. The molecule has 1 fully saturated rings. The number of allylic oxidation sites excluding steroid dienone is 3. The van der Waals surface area contributed by atoms with Crippen molar-refractivity contribution in [2.45, 2.75) is 71.1 Å². The molecule has 4 atom stereocenters. The van der Waals surface area contributed by atoms with E-state index in [0.29, 0.717) is 30.6 Å². The number of aryl methyl sites for hydroxylation is 1. The molecule has 0 N–H and O–H groups in total. The van der Waals surface area contributed by atoms with Crippen LogP contribution in [0.4, 0.5) is 9.18 Å². The van der Waals surface area contributed by atoms with Gasteiger partial charge in [0.25, 0.3) is 5.95 Å². The molecular weight excluding hydrogens is 523 g/mol. The Morgan fingerprint density at radius 3 is 2.56 bits per heavy atom. The van der Waals surface area contributed by atoms with Gasteiger partial charge in [-0.3, -0.25) is 4.90 Å². The number of carbonyl (C=O) groups excluding carboxylic acids is 1. The second-order valence-corrected chi connectivity index (χ2v) is 11.3. The number of hydrogen-bond donors (Lipinski definition) is 0. The van der Waals surface area contributed by atoms with Gasteiger partial charge in [-0.2, -0.15) is 4.68 Å². The van der Waals surface area contributed by atoms with Crippen molar-refractivity contribution >= 4 is 6.09 Å². The molecule has 0 radical (unpaired) electrons. The van der Waals surface area contributed by atoms with Crippen LogP contribution < -0.4 is 0 Å². The van der Waals surface area contributed by atoms with E-state index in [1.54, 1.807) is 29.4 Å². The van der Waals surface area contributed by atoms with E-state index in [4.69, 9.17) is 19.6 Å². The highest BCUT2D eigenvalue weighted by molar-refractivity contribution is 5.68. The number of ether oxygens (including phenoxy) is 2. The Bertz CT molecular complexity index is 1330. The molecular formula is C31H39FN6O3. The van der Waals surface area contributed by atoms with Crippen LogP contribution in [0.15, 0.2) is 73.3 Å². The van der Waals surface area contributed by atoms with Gasteiger partial charge in [0.05, 0.1) is 25.0 Å².